The van der Waals surface area contributed by atoms with Crippen LogP contribution in [0.2, 0.25) is 15.1 Å². The van der Waals surface area contributed by atoms with Crippen molar-refractivity contribution in [3.8, 4) is 28.7 Å². The minimum atomic E-state index is -0.633. The van der Waals surface area contributed by atoms with Crippen molar-refractivity contribution in [3.05, 3.63) is 37.8 Å². The molecule has 1 atom stereocenters. The van der Waals surface area contributed by atoms with Crippen molar-refractivity contribution in [2.45, 2.75) is 39.2 Å². The van der Waals surface area contributed by atoms with Crippen LogP contribution in [0.25, 0.3) is 0 Å². The second kappa shape index (κ2) is 9.00. The Hall–Kier alpha value is -2.02. The summed E-state index contributed by atoms with van der Waals surface area (Å²) >= 11 is 19.1. The zero-order chi connectivity index (χ0) is 22.2. The van der Waals surface area contributed by atoms with E-state index in [0.717, 1.165) is 6.42 Å². The number of rotatable bonds is 7. The Balaban J connectivity index is 2.28. The zero-order valence-corrected chi connectivity index (χ0v) is 19.2. The molecule has 0 radical (unpaired) electrons. The molecule has 1 N–H and O–H groups in total. The SMILES string of the molecule is CCCc1c(Cl)c(OC)cc(OC)c1Oc1c(Cl)c(O)c(Cl)c2c1C(=O)OC2CC. The van der Waals surface area contributed by atoms with Gasteiger partial charge in [0.2, 0.25) is 0 Å². The first-order valence-corrected chi connectivity index (χ1v) is 10.5. The van der Waals surface area contributed by atoms with Gasteiger partial charge < -0.3 is 24.1 Å². The summed E-state index contributed by atoms with van der Waals surface area (Å²) in [7, 11) is 2.97. The Morgan fingerprint density at radius 2 is 1.70 bits per heavy atom. The summed E-state index contributed by atoms with van der Waals surface area (Å²) in [4.78, 5) is 12.6. The van der Waals surface area contributed by atoms with Crippen molar-refractivity contribution >= 4 is 40.8 Å². The van der Waals surface area contributed by atoms with E-state index >= 15 is 0 Å². The molecule has 1 heterocycles. The van der Waals surface area contributed by atoms with E-state index in [2.05, 4.69) is 0 Å². The molecule has 6 nitrogen and oxygen atoms in total. The summed E-state index contributed by atoms with van der Waals surface area (Å²) in [6, 6.07) is 1.58. The number of hydrogen-bond donors (Lipinski definition) is 1. The number of carbonyl (C=O) groups excluding carboxylic acids is 1. The highest BCUT2D eigenvalue weighted by Gasteiger charge is 2.40. The first kappa shape index (κ1) is 22.7. The monoisotopic (exact) mass is 474 g/mol. The lowest BCUT2D eigenvalue weighted by atomic mass is 10.0. The van der Waals surface area contributed by atoms with Crippen LogP contribution in [0.1, 0.15) is 54.3 Å². The van der Waals surface area contributed by atoms with Crippen LogP contribution in [0.15, 0.2) is 6.07 Å². The summed E-state index contributed by atoms with van der Waals surface area (Å²) in [5, 5.41) is 10.6. The molecule has 3 rings (SSSR count). The highest BCUT2D eigenvalue weighted by molar-refractivity contribution is 6.39. The molecule has 1 aliphatic heterocycles. The fraction of sp³-hybridized carbons (Fsp3) is 0.381. The van der Waals surface area contributed by atoms with Gasteiger partial charge in [-0.15, -0.1) is 0 Å². The number of carbonyl (C=O) groups is 1. The average Bonchev–Trinajstić information content (AvgIpc) is 3.08. The van der Waals surface area contributed by atoms with E-state index in [1.165, 1.54) is 14.2 Å². The number of halogens is 3. The molecule has 1 aliphatic rings. The number of esters is 1. The molecule has 1 unspecified atom stereocenters. The van der Waals surface area contributed by atoms with Crippen molar-refractivity contribution in [2.75, 3.05) is 14.2 Å². The van der Waals surface area contributed by atoms with Gasteiger partial charge in [0.1, 0.15) is 22.4 Å². The maximum Gasteiger partial charge on any atom is 0.343 e. The Bertz CT molecular complexity index is 1010. The third-order valence-electron chi connectivity index (χ3n) is 4.88. The number of cyclic esters (lactones) is 1. The van der Waals surface area contributed by atoms with Gasteiger partial charge >= 0.3 is 5.97 Å². The third kappa shape index (κ3) is 3.61. The summed E-state index contributed by atoms with van der Waals surface area (Å²) < 4.78 is 22.3. The maximum atomic E-state index is 12.6. The Morgan fingerprint density at radius 1 is 1.03 bits per heavy atom. The predicted octanol–water partition coefficient (Wildman–Crippen LogP) is 6.74. The van der Waals surface area contributed by atoms with E-state index in [1.807, 2.05) is 13.8 Å². The number of phenolic OH excluding ortho intramolecular Hbond substituents is 1. The molecule has 0 bridgehead atoms. The van der Waals surface area contributed by atoms with Gasteiger partial charge in [-0.2, -0.15) is 0 Å². The van der Waals surface area contributed by atoms with Crippen LogP contribution in [0.4, 0.5) is 0 Å². The van der Waals surface area contributed by atoms with Gasteiger partial charge in [0.25, 0.3) is 0 Å². The van der Waals surface area contributed by atoms with Crippen LogP contribution in [0.3, 0.4) is 0 Å². The second-order valence-electron chi connectivity index (χ2n) is 6.65. The van der Waals surface area contributed by atoms with Crippen LogP contribution < -0.4 is 14.2 Å². The molecule has 0 saturated carbocycles. The van der Waals surface area contributed by atoms with Gasteiger partial charge in [0.05, 0.1) is 24.3 Å². The van der Waals surface area contributed by atoms with Crippen molar-refractivity contribution in [2.24, 2.45) is 0 Å². The lowest BCUT2D eigenvalue weighted by Crippen LogP contribution is -2.04. The summed E-state index contributed by atoms with van der Waals surface area (Å²) in [6.07, 6.45) is 1.16. The number of hydrogen-bond acceptors (Lipinski definition) is 6. The zero-order valence-electron chi connectivity index (χ0n) is 16.9. The van der Waals surface area contributed by atoms with Crippen LogP contribution in [-0.2, 0) is 11.2 Å². The van der Waals surface area contributed by atoms with Gasteiger partial charge in [0.15, 0.2) is 23.0 Å². The molecule has 30 heavy (non-hydrogen) atoms. The fourth-order valence-electron chi connectivity index (χ4n) is 3.44. The second-order valence-corrected chi connectivity index (χ2v) is 7.79. The Morgan fingerprint density at radius 3 is 2.27 bits per heavy atom. The van der Waals surface area contributed by atoms with Crippen LogP contribution in [0.5, 0.6) is 28.7 Å². The van der Waals surface area contributed by atoms with Crippen LogP contribution >= 0.6 is 34.8 Å². The first-order valence-electron chi connectivity index (χ1n) is 9.36. The fourth-order valence-corrected chi connectivity index (χ4v) is 4.34. The normalized spacial score (nSPS) is 15.0. The van der Waals surface area contributed by atoms with Crippen LogP contribution in [0, 0.1) is 0 Å². The summed E-state index contributed by atoms with van der Waals surface area (Å²) in [5.74, 6) is -0.0664. The molecule has 0 fully saturated rings. The van der Waals surface area contributed by atoms with Crippen molar-refractivity contribution < 1.29 is 28.8 Å². The van der Waals surface area contributed by atoms with Crippen molar-refractivity contribution in [1.29, 1.82) is 0 Å². The molecular weight excluding hydrogens is 455 g/mol. The Labute approximate surface area is 189 Å². The maximum absolute atomic E-state index is 12.6. The molecule has 0 amide bonds. The molecular formula is C21H21Cl3O6. The number of phenols is 1. The minimum absolute atomic E-state index is 0.0337. The summed E-state index contributed by atoms with van der Waals surface area (Å²) in [5.41, 5.74) is 1.04. The smallest absolute Gasteiger partial charge is 0.343 e. The molecule has 0 aliphatic carbocycles. The van der Waals surface area contributed by atoms with E-state index in [1.54, 1.807) is 6.07 Å². The number of fused-ring (bicyclic) bond motifs is 1. The predicted molar refractivity (Wildman–Crippen MR) is 115 cm³/mol. The average molecular weight is 476 g/mol. The minimum Gasteiger partial charge on any atom is -0.505 e. The van der Waals surface area contributed by atoms with Crippen molar-refractivity contribution in [3.63, 3.8) is 0 Å². The van der Waals surface area contributed by atoms with Crippen LogP contribution in [-0.4, -0.2) is 25.3 Å². The lowest BCUT2D eigenvalue weighted by Gasteiger charge is -2.20. The first-order chi connectivity index (χ1) is 14.3. The van der Waals surface area contributed by atoms with Gasteiger partial charge in [-0.1, -0.05) is 55.1 Å². The highest BCUT2D eigenvalue weighted by Crippen LogP contribution is 2.54. The number of methoxy groups -OCH3 is 2. The van der Waals surface area contributed by atoms with Gasteiger partial charge in [-0.25, -0.2) is 4.79 Å². The number of aromatic hydroxyl groups is 1. The number of benzene rings is 2. The molecule has 2 aromatic carbocycles. The number of ether oxygens (including phenoxy) is 4. The highest BCUT2D eigenvalue weighted by atomic mass is 35.5. The van der Waals surface area contributed by atoms with Crippen molar-refractivity contribution in [1.82, 2.24) is 0 Å². The van der Waals surface area contributed by atoms with E-state index in [4.69, 9.17) is 53.8 Å². The lowest BCUT2D eigenvalue weighted by molar-refractivity contribution is 0.0377. The van der Waals surface area contributed by atoms with E-state index in [9.17, 15) is 9.90 Å². The van der Waals surface area contributed by atoms with E-state index < -0.39 is 12.1 Å². The molecule has 0 aromatic heterocycles. The van der Waals surface area contributed by atoms with E-state index in [-0.39, 0.29) is 32.9 Å². The van der Waals surface area contributed by atoms with Gasteiger partial charge in [-0.3, -0.25) is 0 Å². The quantitative estimate of drug-likeness (QED) is 0.447. The largest absolute Gasteiger partial charge is 0.505 e. The standard InChI is InChI=1S/C21H21Cl3O6/c1-5-7-9-15(22)11(27-3)8-12(28-4)19(9)30-20-14-13(10(6-2)29-21(14)26)16(23)18(25)17(20)24/h8,10,25H,5-7H2,1-4H3. The molecule has 2 aromatic rings. The van der Waals surface area contributed by atoms with Gasteiger partial charge in [0, 0.05) is 17.2 Å². The topological polar surface area (TPSA) is 74.2 Å². The van der Waals surface area contributed by atoms with E-state index in [0.29, 0.717) is 40.5 Å². The summed E-state index contributed by atoms with van der Waals surface area (Å²) in [6.45, 7) is 3.81. The molecule has 0 spiro atoms. The third-order valence-corrected chi connectivity index (χ3v) is 6.03. The Kier molecular flexibility index (Phi) is 6.80. The molecule has 0 saturated heterocycles. The molecule has 9 heteroatoms. The molecule has 162 valence electrons. The van der Waals surface area contributed by atoms with Gasteiger partial charge in [-0.05, 0) is 12.8 Å².